The fraction of sp³-hybridized carbons (Fsp3) is 0.278. The van der Waals surface area contributed by atoms with E-state index in [-0.39, 0.29) is 5.97 Å². The first-order valence-corrected chi connectivity index (χ1v) is 8.11. The zero-order valence-corrected chi connectivity index (χ0v) is 14.2. The molecule has 2 rings (SSSR count). The van der Waals surface area contributed by atoms with E-state index in [0.717, 1.165) is 11.1 Å². The summed E-state index contributed by atoms with van der Waals surface area (Å²) >= 11 is 3.53. The molecular weight excluding hydrogens is 344 g/mol. The average Bonchev–Trinajstić information content (AvgIpc) is 2.60. The van der Waals surface area contributed by atoms with E-state index in [9.17, 15) is 4.79 Å². The van der Waals surface area contributed by atoms with Crippen LogP contribution in [0.15, 0.2) is 60.7 Å². The van der Waals surface area contributed by atoms with Crippen molar-refractivity contribution in [1.82, 2.24) is 0 Å². The number of carbonyl (C=O) groups is 1. The van der Waals surface area contributed by atoms with E-state index in [4.69, 9.17) is 9.47 Å². The van der Waals surface area contributed by atoms with Gasteiger partial charge >= 0.3 is 5.97 Å². The maximum Gasteiger partial charge on any atom is 0.316 e. The Balaban J connectivity index is 2.62. The van der Waals surface area contributed by atoms with Crippen LogP contribution < -0.4 is 0 Å². The molecule has 0 unspecified atom stereocenters. The molecule has 0 amide bonds. The highest BCUT2D eigenvalue weighted by molar-refractivity contribution is 9.09. The molecule has 0 fully saturated rings. The molecule has 0 saturated heterocycles. The minimum atomic E-state index is -0.838. The van der Waals surface area contributed by atoms with Crippen molar-refractivity contribution in [2.75, 3.05) is 19.5 Å². The molecule has 0 aliphatic rings. The highest BCUT2D eigenvalue weighted by Crippen LogP contribution is 2.42. The summed E-state index contributed by atoms with van der Waals surface area (Å²) in [6, 6.07) is 19.3. The number of methoxy groups -OCH3 is 2. The average molecular weight is 363 g/mol. The third-order valence-electron chi connectivity index (χ3n) is 3.86. The third kappa shape index (κ3) is 3.08. The molecule has 22 heavy (non-hydrogen) atoms. The Labute approximate surface area is 139 Å². The predicted molar refractivity (Wildman–Crippen MR) is 90.1 cm³/mol. The SMILES string of the molecule is COC(=O)[C@H](c1ccccc1)[C@@](CBr)(OC)c1ccccc1. The van der Waals surface area contributed by atoms with Crippen molar-refractivity contribution in [3.8, 4) is 0 Å². The van der Waals surface area contributed by atoms with Gasteiger partial charge in [-0.05, 0) is 11.1 Å². The lowest BCUT2D eigenvalue weighted by Gasteiger charge is -2.37. The van der Waals surface area contributed by atoms with Gasteiger partial charge in [-0.1, -0.05) is 76.6 Å². The normalized spacial score (nSPS) is 14.9. The molecule has 0 bridgehead atoms. The Hall–Kier alpha value is -1.65. The van der Waals surface area contributed by atoms with Crippen molar-refractivity contribution in [2.24, 2.45) is 0 Å². The molecule has 3 nitrogen and oxygen atoms in total. The number of hydrogen-bond acceptors (Lipinski definition) is 3. The lowest BCUT2D eigenvalue weighted by Crippen LogP contribution is -2.42. The Morgan fingerprint density at radius 2 is 1.59 bits per heavy atom. The van der Waals surface area contributed by atoms with Gasteiger partial charge in [0.25, 0.3) is 0 Å². The van der Waals surface area contributed by atoms with Crippen LogP contribution in [0, 0.1) is 0 Å². The fourth-order valence-electron chi connectivity index (χ4n) is 2.69. The Morgan fingerprint density at radius 1 is 1.05 bits per heavy atom. The van der Waals surface area contributed by atoms with Crippen LogP contribution in [0.3, 0.4) is 0 Å². The molecule has 0 heterocycles. The Morgan fingerprint density at radius 3 is 2.05 bits per heavy atom. The Kier molecular flexibility index (Phi) is 5.75. The van der Waals surface area contributed by atoms with Gasteiger partial charge < -0.3 is 9.47 Å². The smallest absolute Gasteiger partial charge is 0.316 e. The summed E-state index contributed by atoms with van der Waals surface area (Å²) in [5, 5.41) is 0.467. The number of halogens is 1. The van der Waals surface area contributed by atoms with Crippen LogP contribution >= 0.6 is 15.9 Å². The predicted octanol–water partition coefficient (Wildman–Crippen LogP) is 3.88. The van der Waals surface area contributed by atoms with Crippen LogP contribution in [0.4, 0.5) is 0 Å². The zero-order chi connectivity index (χ0) is 16.0. The molecule has 4 heteroatoms. The highest BCUT2D eigenvalue weighted by atomic mass is 79.9. The third-order valence-corrected chi connectivity index (χ3v) is 4.69. The second-order valence-corrected chi connectivity index (χ2v) is 5.52. The summed E-state index contributed by atoms with van der Waals surface area (Å²) in [6.45, 7) is 0. The molecular formula is C18H19BrO3. The summed E-state index contributed by atoms with van der Waals surface area (Å²) in [5.41, 5.74) is 0.948. The van der Waals surface area contributed by atoms with E-state index in [1.165, 1.54) is 7.11 Å². The molecule has 0 N–H and O–H groups in total. The number of hydrogen-bond donors (Lipinski definition) is 0. The lowest BCUT2D eigenvalue weighted by molar-refractivity contribution is -0.151. The van der Waals surface area contributed by atoms with Crippen LogP contribution in [-0.2, 0) is 19.9 Å². The monoisotopic (exact) mass is 362 g/mol. The first-order chi connectivity index (χ1) is 10.7. The molecule has 0 spiro atoms. The number of esters is 1. The maximum absolute atomic E-state index is 12.5. The van der Waals surface area contributed by atoms with Crippen molar-refractivity contribution >= 4 is 21.9 Å². The van der Waals surface area contributed by atoms with Gasteiger partial charge in [-0.25, -0.2) is 0 Å². The second kappa shape index (κ2) is 7.56. The molecule has 116 valence electrons. The van der Waals surface area contributed by atoms with Crippen molar-refractivity contribution < 1.29 is 14.3 Å². The zero-order valence-electron chi connectivity index (χ0n) is 12.7. The van der Waals surface area contributed by atoms with Gasteiger partial charge in [-0.15, -0.1) is 0 Å². The summed E-state index contributed by atoms with van der Waals surface area (Å²) in [5.74, 6) is -0.887. The van der Waals surface area contributed by atoms with E-state index in [2.05, 4.69) is 15.9 Å². The highest BCUT2D eigenvalue weighted by Gasteiger charge is 2.46. The molecule has 0 aliphatic carbocycles. The second-order valence-electron chi connectivity index (χ2n) is 4.96. The maximum atomic E-state index is 12.5. The van der Waals surface area contributed by atoms with E-state index in [1.54, 1.807) is 7.11 Å². The number of carbonyl (C=O) groups excluding carboxylic acids is 1. The van der Waals surface area contributed by atoms with Crippen LogP contribution in [-0.4, -0.2) is 25.5 Å². The topological polar surface area (TPSA) is 35.5 Å². The van der Waals surface area contributed by atoms with Crippen molar-refractivity contribution in [1.29, 1.82) is 0 Å². The van der Waals surface area contributed by atoms with Crippen molar-refractivity contribution in [3.05, 3.63) is 71.8 Å². The van der Waals surface area contributed by atoms with E-state index in [1.807, 2.05) is 60.7 Å². The van der Waals surface area contributed by atoms with Crippen molar-refractivity contribution in [3.63, 3.8) is 0 Å². The standard InChI is InChI=1S/C18H19BrO3/c1-21-17(20)16(14-9-5-3-6-10-14)18(13-19,22-2)15-11-7-4-8-12-15/h3-12,16H,13H2,1-2H3/t16-,18-/m0/s1. The molecule has 0 aliphatic heterocycles. The van der Waals surface area contributed by atoms with Gasteiger partial charge in [-0.2, -0.15) is 0 Å². The molecule has 0 aromatic heterocycles. The first-order valence-electron chi connectivity index (χ1n) is 6.99. The van der Waals surface area contributed by atoms with E-state index >= 15 is 0 Å². The number of benzene rings is 2. The van der Waals surface area contributed by atoms with Crippen LogP contribution in [0.1, 0.15) is 17.0 Å². The van der Waals surface area contributed by atoms with Gasteiger partial charge in [0.15, 0.2) is 0 Å². The minimum absolute atomic E-state index is 0.323. The minimum Gasteiger partial charge on any atom is -0.468 e. The van der Waals surface area contributed by atoms with Gasteiger partial charge in [0.2, 0.25) is 0 Å². The summed E-state index contributed by atoms with van der Waals surface area (Å²) < 4.78 is 10.9. The molecule has 0 radical (unpaired) electrons. The van der Waals surface area contributed by atoms with Gasteiger partial charge in [0, 0.05) is 12.4 Å². The van der Waals surface area contributed by atoms with Gasteiger partial charge in [0.1, 0.15) is 11.5 Å². The quantitative estimate of drug-likeness (QED) is 0.577. The molecule has 2 aromatic rings. The number of alkyl halides is 1. The Bertz CT molecular complexity index is 594. The van der Waals surface area contributed by atoms with Crippen LogP contribution in [0.25, 0.3) is 0 Å². The largest absolute Gasteiger partial charge is 0.468 e. The number of rotatable bonds is 6. The molecule has 0 saturated carbocycles. The lowest BCUT2D eigenvalue weighted by atomic mass is 9.78. The van der Waals surface area contributed by atoms with E-state index < -0.39 is 11.5 Å². The fourth-order valence-corrected chi connectivity index (χ4v) is 3.57. The summed E-state index contributed by atoms with van der Waals surface area (Å²) in [6.07, 6.45) is 0. The van der Waals surface area contributed by atoms with Gasteiger partial charge in [0.05, 0.1) is 7.11 Å². The van der Waals surface area contributed by atoms with E-state index in [0.29, 0.717) is 5.33 Å². The van der Waals surface area contributed by atoms with Crippen LogP contribution in [0.2, 0.25) is 0 Å². The number of ether oxygens (including phenoxy) is 2. The molecule has 2 aromatic carbocycles. The summed E-state index contributed by atoms with van der Waals surface area (Å²) in [7, 11) is 3.02. The van der Waals surface area contributed by atoms with Crippen LogP contribution in [0.5, 0.6) is 0 Å². The van der Waals surface area contributed by atoms with Gasteiger partial charge in [-0.3, -0.25) is 4.79 Å². The van der Waals surface area contributed by atoms with Crippen molar-refractivity contribution in [2.45, 2.75) is 11.5 Å². The first kappa shape index (κ1) is 16.7. The summed E-state index contributed by atoms with van der Waals surface area (Å²) in [4.78, 5) is 12.5. The molecule has 2 atom stereocenters.